The van der Waals surface area contributed by atoms with E-state index in [1.807, 2.05) is 0 Å². The highest BCUT2D eigenvalue weighted by atomic mass is 79.9. The summed E-state index contributed by atoms with van der Waals surface area (Å²) in [6, 6.07) is 0. The van der Waals surface area contributed by atoms with Crippen LogP contribution in [-0.4, -0.2) is 11.5 Å². The first-order valence-electron chi connectivity index (χ1n) is 2.58. The molecule has 0 aliphatic rings. The molecule has 0 aliphatic heterocycles. The molecule has 0 aliphatic carbocycles. The molecule has 2 nitrogen and oxygen atoms in total. The molecule has 1 aromatic heterocycles. The highest BCUT2D eigenvalue weighted by Crippen LogP contribution is 2.31. The summed E-state index contributed by atoms with van der Waals surface area (Å²) in [5, 5.41) is 0. The molecule has 1 aromatic rings. The van der Waals surface area contributed by atoms with Crippen LogP contribution in [0.15, 0.2) is 4.47 Å². The summed E-state index contributed by atoms with van der Waals surface area (Å²) in [4.78, 5) is 1.10. The van der Waals surface area contributed by atoms with Gasteiger partial charge in [0.15, 0.2) is 0 Å². The maximum Gasteiger partial charge on any atom is 0.239 e. The van der Waals surface area contributed by atoms with Crippen LogP contribution < -0.4 is 4.74 Å². The van der Waals surface area contributed by atoms with Gasteiger partial charge in [-0.15, -0.1) is 0 Å². The lowest BCUT2D eigenvalue weighted by Gasteiger charge is -1.92. The lowest BCUT2D eigenvalue weighted by Crippen LogP contribution is -1.81. The number of aromatic nitrogens is 1. The fourth-order valence-electron chi connectivity index (χ4n) is 0.521. The fourth-order valence-corrected chi connectivity index (χ4v) is 2.38. The maximum absolute atomic E-state index is 4.95. The first-order chi connectivity index (χ1) is 4.79. The van der Waals surface area contributed by atoms with E-state index in [1.54, 1.807) is 7.11 Å². The number of methoxy groups -OCH3 is 1. The van der Waals surface area contributed by atoms with Crippen LogP contribution in [0.1, 0.15) is 4.88 Å². The summed E-state index contributed by atoms with van der Waals surface area (Å²) >= 11 is 8.86. The van der Waals surface area contributed by atoms with Crippen molar-refractivity contribution in [2.45, 2.75) is 5.75 Å². The molecule has 0 atom stereocenters. The number of thiol groups is 1. The third kappa shape index (κ3) is 1.46. The second kappa shape index (κ2) is 3.59. The zero-order valence-electron chi connectivity index (χ0n) is 5.30. The van der Waals surface area contributed by atoms with E-state index in [2.05, 4.69) is 32.9 Å². The number of halogens is 1. The Morgan fingerprint density at radius 1 is 1.80 bits per heavy atom. The molecule has 0 bridgehead atoms. The van der Waals surface area contributed by atoms with Crippen molar-refractivity contribution < 1.29 is 4.74 Å². The van der Waals surface area contributed by atoms with Gasteiger partial charge in [-0.3, -0.25) is 0 Å². The second-order valence-electron chi connectivity index (χ2n) is 1.59. The highest BCUT2D eigenvalue weighted by molar-refractivity contribution is 9.10. The molecule has 0 saturated heterocycles. The Hall–Kier alpha value is 0.260. The third-order valence-electron chi connectivity index (χ3n) is 1.01. The molecule has 1 rings (SSSR count). The molecule has 0 fully saturated rings. The summed E-state index contributed by atoms with van der Waals surface area (Å²) in [7, 11) is 1.60. The molecule has 56 valence electrons. The van der Waals surface area contributed by atoms with Crippen LogP contribution >= 0.6 is 40.1 Å². The summed E-state index contributed by atoms with van der Waals surface area (Å²) in [5.41, 5.74) is 0. The van der Waals surface area contributed by atoms with Crippen LogP contribution in [-0.2, 0) is 5.75 Å². The second-order valence-corrected chi connectivity index (χ2v) is 3.55. The molecule has 0 amide bonds. The van der Waals surface area contributed by atoms with Gasteiger partial charge >= 0.3 is 0 Å². The predicted octanol–water partition coefficient (Wildman–Crippen LogP) is 2.34. The van der Waals surface area contributed by atoms with Crippen molar-refractivity contribution >= 4 is 40.1 Å². The number of hydrogen-bond donors (Lipinski definition) is 1. The van der Waals surface area contributed by atoms with Gasteiger partial charge in [-0.2, -0.15) is 17.0 Å². The normalized spacial score (nSPS) is 9.90. The standard InChI is InChI=1S/C5H6BrNOS2/c1-8-5-4(6)3(2-9)10-7-5/h9H,2H2,1H3. The van der Waals surface area contributed by atoms with Crippen LogP contribution in [0.4, 0.5) is 0 Å². The van der Waals surface area contributed by atoms with E-state index in [9.17, 15) is 0 Å². The zero-order valence-corrected chi connectivity index (χ0v) is 8.59. The van der Waals surface area contributed by atoms with E-state index >= 15 is 0 Å². The summed E-state index contributed by atoms with van der Waals surface area (Å²) in [6.45, 7) is 0. The Labute approximate surface area is 77.3 Å². The smallest absolute Gasteiger partial charge is 0.239 e. The molecule has 0 saturated carbocycles. The Kier molecular flexibility index (Phi) is 3.00. The average Bonchev–Trinajstić information content (AvgIpc) is 2.30. The van der Waals surface area contributed by atoms with Gasteiger partial charge in [-0.05, 0) is 27.5 Å². The molecular formula is C5H6BrNOS2. The minimum atomic E-state index is 0.647. The highest BCUT2D eigenvalue weighted by Gasteiger charge is 2.08. The van der Waals surface area contributed by atoms with Crippen molar-refractivity contribution in [3.05, 3.63) is 9.35 Å². The van der Waals surface area contributed by atoms with Gasteiger partial charge in [0, 0.05) is 5.75 Å². The van der Waals surface area contributed by atoms with Gasteiger partial charge < -0.3 is 4.74 Å². The lowest BCUT2D eigenvalue weighted by atomic mass is 10.5. The average molecular weight is 240 g/mol. The quantitative estimate of drug-likeness (QED) is 0.801. The van der Waals surface area contributed by atoms with Crippen LogP contribution in [0.25, 0.3) is 0 Å². The number of nitrogens with zero attached hydrogens (tertiary/aromatic N) is 1. The molecule has 0 spiro atoms. The number of ether oxygens (including phenoxy) is 1. The van der Waals surface area contributed by atoms with Crippen molar-refractivity contribution in [1.29, 1.82) is 0 Å². The van der Waals surface area contributed by atoms with Gasteiger partial charge in [-0.25, -0.2) is 0 Å². The minimum absolute atomic E-state index is 0.647. The Morgan fingerprint density at radius 3 is 2.80 bits per heavy atom. The molecule has 1 heterocycles. The minimum Gasteiger partial charge on any atom is -0.480 e. The monoisotopic (exact) mass is 239 g/mol. The van der Waals surface area contributed by atoms with E-state index < -0.39 is 0 Å². The van der Waals surface area contributed by atoms with Crippen molar-refractivity contribution in [3.8, 4) is 5.88 Å². The number of hydrogen-bond acceptors (Lipinski definition) is 4. The Bertz CT molecular complexity index is 204. The molecule has 5 heteroatoms. The van der Waals surface area contributed by atoms with Gasteiger partial charge in [0.1, 0.15) is 0 Å². The molecule has 0 radical (unpaired) electrons. The SMILES string of the molecule is COc1nsc(CS)c1Br. The molecule has 0 unspecified atom stereocenters. The Balaban J connectivity index is 2.97. The van der Waals surface area contributed by atoms with Crippen molar-refractivity contribution in [2.75, 3.05) is 7.11 Å². The molecule has 10 heavy (non-hydrogen) atoms. The van der Waals surface area contributed by atoms with Crippen molar-refractivity contribution in [1.82, 2.24) is 4.37 Å². The third-order valence-corrected chi connectivity index (χ3v) is 3.44. The maximum atomic E-state index is 4.95. The summed E-state index contributed by atoms with van der Waals surface area (Å²) in [5.74, 6) is 1.34. The van der Waals surface area contributed by atoms with Gasteiger partial charge in [-0.1, -0.05) is 0 Å². The largest absolute Gasteiger partial charge is 0.480 e. The van der Waals surface area contributed by atoms with Gasteiger partial charge in [0.25, 0.3) is 0 Å². The zero-order chi connectivity index (χ0) is 7.56. The topological polar surface area (TPSA) is 22.1 Å². The van der Waals surface area contributed by atoms with Crippen LogP contribution in [0, 0.1) is 0 Å². The fraction of sp³-hybridized carbons (Fsp3) is 0.400. The van der Waals surface area contributed by atoms with E-state index in [-0.39, 0.29) is 0 Å². The first-order valence-corrected chi connectivity index (χ1v) is 4.78. The van der Waals surface area contributed by atoms with Gasteiger partial charge in [0.05, 0.1) is 16.5 Å². The summed E-state index contributed by atoms with van der Waals surface area (Å²) in [6.07, 6.45) is 0. The van der Waals surface area contributed by atoms with E-state index in [1.165, 1.54) is 11.5 Å². The van der Waals surface area contributed by atoms with Gasteiger partial charge in [0.2, 0.25) is 5.88 Å². The summed E-state index contributed by atoms with van der Waals surface area (Å²) < 4.78 is 9.90. The van der Waals surface area contributed by atoms with E-state index in [0.717, 1.165) is 9.35 Å². The Morgan fingerprint density at radius 2 is 2.50 bits per heavy atom. The number of rotatable bonds is 2. The van der Waals surface area contributed by atoms with Crippen molar-refractivity contribution in [2.24, 2.45) is 0 Å². The van der Waals surface area contributed by atoms with Crippen LogP contribution in [0.5, 0.6) is 5.88 Å². The first kappa shape index (κ1) is 8.36. The molecular weight excluding hydrogens is 234 g/mol. The predicted molar refractivity (Wildman–Crippen MR) is 49.1 cm³/mol. The molecule has 0 N–H and O–H groups in total. The molecule has 0 aromatic carbocycles. The van der Waals surface area contributed by atoms with Crippen LogP contribution in [0.3, 0.4) is 0 Å². The van der Waals surface area contributed by atoms with E-state index in [4.69, 9.17) is 4.74 Å². The van der Waals surface area contributed by atoms with Crippen LogP contribution in [0.2, 0.25) is 0 Å². The van der Waals surface area contributed by atoms with E-state index in [0.29, 0.717) is 11.6 Å². The lowest BCUT2D eigenvalue weighted by molar-refractivity contribution is 0.400. The van der Waals surface area contributed by atoms with Crippen molar-refractivity contribution in [3.63, 3.8) is 0 Å².